The molecule has 3 aromatic carbocycles. The van der Waals surface area contributed by atoms with Crippen molar-refractivity contribution in [2.24, 2.45) is 0 Å². The normalized spacial score (nSPS) is 10.8. The number of amides is 1. The zero-order chi connectivity index (χ0) is 26.0. The van der Waals surface area contributed by atoms with Crippen molar-refractivity contribution in [1.82, 2.24) is 14.9 Å². The molecule has 1 amide bonds. The molecule has 37 heavy (non-hydrogen) atoms. The SMILES string of the molecule is C=CCc1ccccc1OCCCn1c(CCNC(=O)c2ccc(OC)c(OC)c2)nc2ccccc21. The first kappa shape index (κ1) is 25.8. The summed E-state index contributed by atoms with van der Waals surface area (Å²) in [5.41, 5.74) is 3.67. The van der Waals surface area contributed by atoms with Crippen LogP contribution >= 0.6 is 0 Å². The second-order valence-electron chi connectivity index (χ2n) is 8.55. The molecule has 0 aliphatic heterocycles. The van der Waals surface area contributed by atoms with Crippen LogP contribution in [0.15, 0.2) is 79.4 Å². The Kier molecular flexibility index (Phi) is 8.81. The summed E-state index contributed by atoms with van der Waals surface area (Å²) < 4.78 is 18.9. The summed E-state index contributed by atoms with van der Waals surface area (Å²) in [6, 6.07) is 21.3. The first-order chi connectivity index (χ1) is 18.1. The molecule has 0 spiro atoms. The van der Waals surface area contributed by atoms with Gasteiger partial charge in [-0.3, -0.25) is 4.79 Å². The molecule has 0 aliphatic carbocycles. The van der Waals surface area contributed by atoms with Gasteiger partial charge >= 0.3 is 0 Å². The van der Waals surface area contributed by atoms with Crippen LogP contribution in [0.5, 0.6) is 17.2 Å². The molecule has 0 fully saturated rings. The summed E-state index contributed by atoms with van der Waals surface area (Å²) >= 11 is 0. The molecule has 0 saturated carbocycles. The predicted octanol–water partition coefficient (Wildman–Crippen LogP) is 5.22. The number of imidazole rings is 1. The number of fused-ring (bicyclic) bond motifs is 1. The van der Waals surface area contributed by atoms with Gasteiger partial charge < -0.3 is 24.1 Å². The summed E-state index contributed by atoms with van der Waals surface area (Å²) in [6.45, 7) is 5.65. The zero-order valence-electron chi connectivity index (χ0n) is 21.4. The molecule has 0 aliphatic rings. The Morgan fingerprint density at radius 1 is 1.00 bits per heavy atom. The zero-order valence-corrected chi connectivity index (χ0v) is 21.4. The Hall–Kier alpha value is -4.26. The van der Waals surface area contributed by atoms with Crippen LogP contribution in [0.3, 0.4) is 0 Å². The van der Waals surface area contributed by atoms with Crippen molar-refractivity contribution in [2.75, 3.05) is 27.4 Å². The average molecular weight is 500 g/mol. The van der Waals surface area contributed by atoms with E-state index in [2.05, 4.69) is 28.6 Å². The molecule has 0 bridgehead atoms. The third-order valence-electron chi connectivity index (χ3n) is 6.13. The van der Waals surface area contributed by atoms with E-state index < -0.39 is 0 Å². The quantitative estimate of drug-likeness (QED) is 0.202. The molecule has 4 aromatic rings. The van der Waals surface area contributed by atoms with E-state index in [0.717, 1.165) is 47.6 Å². The van der Waals surface area contributed by atoms with Gasteiger partial charge in [-0.2, -0.15) is 0 Å². The number of allylic oxidation sites excluding steroid dienone is 1. The maximum absolute atomic E-state index is 12.7. The number of carbonyl (C=O) groups is 1. The van der Waals surface area contributed by atoms with Gasteiger partial charge in [0.15, 0.2) is 11.5 Å². The molecule has 0 atom stereocenters. The maximum Gasteiger partial charge on any atom is 0.251 e. The largest absolute Gasteiger partial charge is 0.493 e. The second-order valence-corrected chi connectivity index (χ2v) is 8.55. The van der Waals surface area contributed by atoms with Crippen LogP contribution in [-0.2, 0) is 19.4 Å². The molecular formula is C30H33N3O4. The Labute approximate surface area is 217 Å². The Morgan fingerprint density at radius 3 is 2.59 bits per heavy atom. The molecule has 7 heteroatoms. The molecule has 1 heterocycles. The standard InChI is InChI=1S/C30H33N3O4/c1-4-10-22-11-5-8-14-26(22)37-20-9-19-33-25-13-7-6-12-24(25)32-29(33)17-18-31-30(34)23-15-16-27(35-2)28(21-23)36-3/h4-8,11-16,21H,1,9-10,17-20H2,2-3H3,(H,31,34). The number of nitrogens with one attached hydrogen (secondary N) is 1. The van der Waals surface area contributed by atoms with Crippen LogP contribution in [-0.4, -0.2) is 42.8 Å². The lowest BCUT2D eigenvalue weighted by molar-refractivity contribution is 0.0953. The molecule has 192 valence electrons. The summed E-state index contributed by atoms with van der Waals surface area (Å²) in [5, 5.41) is 2.99. The van der Waals surface area contributed by atoms with Gasteiger partial charge in [0, 0.05) is 25.1 Å². The van der Waals surface area contributed by atoms with E-state index in [1.54, 1.807) is 32.4 Å². The van der Waals surface area contributed by atoms with Crippen molar-refractivity contribution in [3.63, 3.8) is 0 Å². The summed E-state index contributed by atoms with van der Waals surface area (Å²) in [5.74, 6) is 2.76. The fourth-order valence-corrected chi connectivity index (χ4v) is 4.31. The van der Waals surface area contributed by atoms with Gasteiger partial charge in [-0.1, -0.05) is 36.4 Å². The van der Waals surface area contributed by atoms with Gasteiger partial charge in [0.25, 0.3) is 5.91 Å². The first-order valence-electron chi connectivity index (χ1n) is 12.4. The minimum atomic E-state index is -0.171. The summed E-state index contributed by atoms with van der Waals surface area (Å²) in [6.07, 6.45) is 4.10. The van der Waals surface area contributed by atoms with Crippen LogP contribution < -0.4 is 19.5 Å². The van der Waals surface area contributed by atoms with E-state index >= 15 is 0 Å². The van der Waals surface area contributed by atoms with E-state index in [9.17, 15) is 4.79 Å². The van der Waals surface area contributed by atoms with Gasteiger partial charge in [0.2, 0.25) is 0 Å². The monoisotopic (exact) mass is 499 g/mol. The van der Waals surface area contributed by atoms with Gasteiger partial charge in [-0.25, -0.2) is 4.98 Å². The van der Waals surface area contributed by atoms with Crippen molar-refractivity contribution in [1.29, 1.82) is 0 Å². The molecule has 1 N–H and O–H groups in total. The lowest BCUT2D eigenvalue weighted by atomic mass is 10.1. The van der Waals surface area contributed by atoms with Crippen molar-refractivity contribution in [3.8, 4) is 17.2 Å². The minimum absolute atomic E-state index is 0.171. The highest BCUT2D eigenvalue weighted by Gasteiger charge is 2.13. The molecule has 0 radical (unpaired) electrons. The van der Waals surface area contributed by atoms with Gasteiger partial charge in [0.05, 0.1) is 31.9 Å². The first-order valence-corrected chi connectivity index (χ1v) is 12.4. The summed E-state index contributed by atoms with van der Waals surface area (Å²) in [4.78, 5) is 17.6. The molecule has 0 unspecified atom stereocenters. The third kappa shape index (κ3) is 6.30. The topological polar surface area (TPSA) is 74.6 Å². The number of hydrogen-bond acceptors (Lipinski definition) is 5. The second kappa shape index (κ2) is 12.6. The number of ether oxygens (including phenoxy) is 3. The van der Waals surface area contributed by atoms with E-state index in [-0.39, 0.29) is 5.91 Å². The highest BCUT2D eigenvalue weighted by atomic mass is 16.5. The van der Waals surface area contributed by atoms with Crippen LogP contribution in [0, 0.1) is 0 Å². The van der Waals surface area contributed by atoms with Crippen LogP contribution in [0.1, 0.15) is 28.2 Å². The van der Waals surface area contributed by atoms with E-state index in [0.29, 0.717) is 36.6 Å². The smallest absolute Gasteiger partial charge is 0.251 e. The minimum Gasteiger partial charge on any atom is -0.493 e. The van der Waals surface area contributed by atoms with Crippen LogP contribution in [0.4, 0.5) is 0 Å². The molecule has 1 aromatic heterocycles. The van der Waals surface area contributed by atoms with Gasteiger partial charge in [0.1, 0.15) is 11.6 Å². The number of hydrogen-bond donors (Lipinski definition) is 1. The molecule has 4 rings (SSSR count). The van der Waals surface area contributed by atoms with Crippen molar-refractivity contribution in [2.45, 2.75) is 25.8 Å². The van der Waals surface area contributed by atoms with Crippen molar-refractivity contribution >= 4 is 16.9 Å². The fourth-order valence-electron chi connectivity index (χ4n) is 4.31. The van der Waals surface area contributed by atoms with Gasteiger partial charge in [-0.05, 0) is 54.8 Å². The van der Waals surface area contributed by atoms with Crippen molar-refractivity contribution < 1.29 is 19.0 Å². The predicted molar refractivity (Wildman–Crippen MR) is 146 cm³/mol. The Bertz CT molecular complexity index is 1360. The number of aromatic nitrogens is 2. The lowest BCUT2D eigenvalue weighted by Gasteiger charge is -2.13. The molecular weight excluding hydrogens is 466 g/mol. The number of rotatable bonds is 13. The van der Waals surface area contributed by atoms with Crippen LogP contribution in [0.2, 0.25) is 0 Å². The molecule has 7 nitrogen and oxygen atoms in total. The molecule has 0 saturated heterocycles. The fraction of sp³-hybridized carbons (Fsp3) is 0.267. The average Bonchev–Trinajstić information content (AvgIpc) is 3.28. The van der Waals surface area contributed by atoms with Crippen molar-refractivity contribution in [3.05, 3.63) is 96.3 Å². The third-order valence-corrected chi connectivity index (χ3v) is 6.13. The number of carbonyl (C=O) groups excluding carboxylic acids is 1. The number of para-hydroxylation sites is 3. The number of benzene rings is 3. The number of methoxy groups -OCH3 is 2. The highest BCUT2D eigenvalue weighted by molar-refractivity contribution is 5.94. The van der Waals surface area contributed by atoms with E-state index in [1.807, 2.05) is 42.5 Å². The Morgan fingerprint density at radius 2 is 1.78 bits per heavy atom. The number of aryl methyl sites for hydroxylation is 1. The van der Waals surface area contributed by atoms with E-state index in [4.69, 9.17) is 19.2 Å². The summed E-state index contributed by atoms with van der Waals surface area (Å²) in [7, 11) is 3.12. The van der Waals surface area contributed by atoms with Crippen LogP contribution in [0.25, 0.3) is 11.0 Å². The Balaban J connectivity index is 1.38. The maximum atomic E-state index is 12.7. The highest BCUT2D eigenvalue weighted by Crippen LogP contribution is 2.27. The van der Waals surface area contributed by atoms with E-state index in [1.165, 1.54) is 0 Å². The number of nitrogens with zero attached hydrogens (tertiary/aromatic N) is 2. The lowest BCUT2D eigenvalue weighted by Crippen LogP contribution is -2.26. The van der Waals surface area contributed by atoms with Gasteiger partial charge in [-0.15, -0.1) is 6.58 Å².